The number of fused-ring (bicyclic) bond motifs is 1. The maximum Gasteiger partial charge on any atom is 0.321 e. The van der Waals surface area contributed by atoms with Crippen molar-refractivity contribution in [2.45, 2.75) is 18.2 Å². The number of nitrogens with one attached hydrogen (secondary N) is 1. The highest BCUT2D eigenvalue weighted by molar-refractivity contribution is 7.89. The van der Waals surface area contributed by atoms with Crippen LogP contribution in [0.2, 0.25) is 0 Å². The van der Waals surface area contributed by atoms with Gasteiger partial charge in [0, 0.05) is 18.8 Å². The minimum absolute atomic E-state index is 0.0824. The number of urea groups is 1. The number of benzene rings is 1. The lowest BCUT2D eigenvalue weighted by molar-refractivity contribution is 0.247. The van der Waals surface area contributed by atoms with Gasteiger partial charge in [-0.3, -0.25) is 4.90 Å². The number of carbonyl (C=O) groups is 1. The molecule has 0 bridgehead atoms. The molecular formula is C11H15N3O3S. The average Bonchev–Trinajstić information content (AvgIpc) is 2.70. The molecule has 1 heterocycles. The van der Waals surface area contributed by atoms with Crippen LogP contribution in [0, 0.1) is 0 Å². The van der Waals surface area contributed by atoms with E-state index in [4.69, 9.17) is 5.14 Å². The van der Waals surface area contributed by atoms with E-state index in [0.717, 1.165) is 11.3 Å². The van der Waals surface area contributed by atoms with E-state index in [0.29, 0.717) is 19.5 Å². The molecule has 7 heteroatoms. The quantitative estimate of drug-likeness (QED) is 0.815. The Labute approximate surface area is 106 Å². The van der Waals surface area contributed by atoms with Crippen LogP contribution in [0.1, 0.15) is 12.5 Å². The summed E-state index contributed by atoms with van der Waals surface area (Å²) in [6.45, 7) is 2.95. The van der Waals surface area contributed by atoms with Crippen molar-refractivity contribution in [2.75, 3.05) is 18.0 Å². The van der Waals surface area contributed by atoms with Gasteiger partial charge in [0.25, 0.3) is 0 Å². The SMILES string of the molecule is CCNC(=O)N1CCc2cc(S(N)(=O)=O)ccc21. The summed E-state index contributed by atoms with van der Waals surface area (Å²) in [4.78, 5) is 13.4. The molecule has 0 atom stereocenters. The maximum atomic E-state index is 11.8. The van der Waals surface area contributed by atoms with Crippen molar-refractivity contribution in [1.82, 2.24) is 5.32 Å². The molecule has 18 heavy (non-hydrogen) atoms. The fourth-order valence-electron chi connectivity index (χ4n) is 2.01. The molecule has 0 saturated heterocycles. The predicted octanol–water partition coefficient (Wildman–Crippen LogP) is 0.426. The van der Waals surface area contributed by atoms with Gasteiger partial charge in [0.2, 0.25) is 10.0 Å². The molecule has 1 aliphatic heterocycles. The van der Waals surface area contributed by atoms with Gasteiger partial charge in [-0.15, -0.1) is 0 Å². The molecule has 1 aliphatic rings. The van der Waals surface area contributed by atoms with E-state index in [1.165, 1.54) is 12.1 Å². The third-order valence-corrected chi connectivity index (χ3v) is 3.76. The molecule has 0 radical (unpaired) electrons. The zero-order valence-corrected chi connectivity index (χ0v) is 10.8. The third kappa shape index (κ3) is 2.32. The highest BCUT2D eigenvalue weighted by Gasteiger charge is 2.25. The molecule has 0 spiro atoms. The Morgan fingerprint density at radius 2 is 2.22 bits per heavy atom. The summed E-state index contributed by atoms with van der Waals surface area (Å²) in [7, 11) is -3.69. The molecule has 2 amide bonds. The van der Waals surface area contributed by atoms with Gasteiger partial charge in [0.05, 0.1) is 4.90 Å². The summed E-state index contributed by atoms with van der Waals surface area (Å²) in [6.07, 6.45) is 0.635. The van der Waals surface area contributed by atoms with Crippen molar-refractivity contribution in [2.24, 2.45) is 5.14 Å². The van der Waals surface area contributed by atoms with E-state index < -0.39 is 10.0 Å². The van der Waals surface area contributed by atoms with Crippen molar-refractivity contribution in [3.8, 4) is 0 Å². The van der Waals surface area contributed by atoms with E-state index in [1.807, 2.05) is 6.92 Å². The van der Waals surface area contributed by atoms with Gasteiger partial charge in [-0.1, -0.05) is 0 Å². The normalized spacial score (nSPS) is 14.4. The molecule has 0 aromatic heterocycles. The number of amides is 2. The van der Waals surface area contributed by atoms with Crippen molar-refractivity contribution in [3.63, 3.8) is 0 Å². The lowest BCUT2D eigenvalue weighted by atomic mass is 10.2. The molecule has 0 saturated carbocycles. The third-order valence-electron chi connectivity index (χ3n) is 2.85. The molecule has 1 aromatic rings. The minimum Gasteiger partial charge on any atom is -0.338 e. The van der Waals surface area contributed by atoms with E-state index in [1.54, 1.807) is 11.0 Å². The van der Waals surface area contributed by atoms with Gasteiger partial charge < -0.3 is 5.32 Å². The number of nitrogens with two attached hydrogens (primary N) is 1. The van der Waals surface area contributed by atoms with Crippen LogP contribution in [-0.2, 0) is 16.4 Å². The molecule has 2 rings (SSSR count). The monoisotopic (exact) mass is 269 g/mol. The van der Waals surface area contributed by atoms with Gasteiger partial charge in [-0.05, 0) is 37.1 Å². The predicted molar refractivity (Wildman–Crippen MR) is 67.9 cm³/mol. The summed E-state index contributed by atoms with van der Waals surface area (Å²) in [5.74, 6) is 0. The van der Waals surface area contributed by atoms with Crippen LogP contribution in [0.4, 0.5) is 10.5 Å². The smallest absolute Gasteiger partial charge is 0.321 e. The van der Waals surface area contributed by atoms with E-state index in [2.05, 4.69) is 5.32 Å². The van der Waals surface area contributed by atoms with Crippen molar-refractivity contribution < 1.29 is 13.2 Å². The summed E-state index contributed by atoms with van der Waals surface area (Å²) in [5, 5.41) is 7.79. The van der Waals surface area contributed by atoms with Gasteiger partial charge in [-0.25, -0.2) is 18.4 Å². The molecule has 98 valence electrons. The highest BCUT2D eigenvalue weighted by Crippen LogP contribution is 2.29. The number of rotatable bonds is 2. The second-order valence-corrected chi connectivity index (χ2v) is 5.63. The topological polar surface area (TPSA) is 92.5 Å². The molecule has 6 nitrogen and oxygen atoms in total. The van der Waals surface area contributed by atoms with Crippen LogP contribution in [0.15, 0.2) is 23.1 Å². The van der Waals surface area contributed by atoms with Crippen LogP contribution >= 0.6 is 0 Å². The van der Waals surface area contributed by atoms with Crippen molar-refractivity contribution >= 4 is 21.7 Å². The van der Waals surface area contributed by atoms with E-state index in [9.17, 15) is 13.2 Å². The van der Waals surface area contributed by atoms with Crippen LogP contribution in [0.3, 0.4) is 0 Å². The van der Waals surface area contributed by atoms with Crippen LogP contribution < -0.4 is 15.4 Å². The number of hydrogen-bond donors (Lipinski definition) is 2. The number of anilines is 1. The second kappa shape index (κ2) is 4.58. The zero-order valence-electron chi connectivity index (χ0n) is 10.0. The summed E-state index contributed by atoms with van der Waals surface area (Å²) < 4.78 is 22.5. The van der Waals surface area contributed by atoms with Gasteiger partial charge in [0.15, 0.2) is 0 Å². The average molecular weight is 269 g/mol. The Morgan fingerprint density at radius 1 is 1.50 bits per heavy atom. The lowest BCUT2D eigenvalue weighted by Crippen LogP contribution is -2.38. The van der Waals surface area contributed by atoms with Crippen LogP contribution in [-0.4, -0.2) is 27.5 Å². The first-order valence-electron chi connectivity index (χ1n) is 5.64. The van der Waals surface area contributed by atoms with Crippen molar-refractivity contribution in [1.29, 1.82) is 0 Å². The van der Waals surface area contributed by atoms with Crippen molar-refractivity contribution in [3.05, 3.63) is 23.8 Å². The molecule has 0 aliphatic carbocycles. The summed E-state index contributed by atoms with van der Waals surface area (Å²) in [5.41, 5.74) is 1.57. The fraction of sp³-hybridized carbons (Fsp3) is 0.364. The number of carbonyl (C=O) groups excluding carboxylic acids is 1. The Bertz CT molecular complexity index is 583. The van der Waals surface area contributed by atoms with Gasteiger partial charge >= 0.3 is 6.03 Å². The number of nitrogens with zero attached hydrogens (tertiary/aromatic N) is 1. The minimum atomic E-state index is -3.69. The zero-order chi connectivity index (χ0) is 13.3. The maximum absolute atomic E-state index is 11.8. The summed E-state index contributed by atoms with van der Waals surface area (Å²) >= 11 is 0. The second-order valence-electron chi connectivity index (χ2n) is 4.07. The first kappa shape index (κ1) is 12.8. The standard InChI is InChI=1S/C11H15N3O3S/c1-2-13-11(15)14-6-5-8-7-9(18(12,16)17)3-4-10(8)14/h3-4,7H,2,5-6H2,1H3,(H,13,15)(H2,12,16,17). The largest absolute Gasteiger partial charge is 0.338 e. The van der Waals surface area contributed by atoms with Crippen LogP contribution in [0.5, 0.6) is 0 Å². The number of hydrogen-bond acceptors (Lipinski definition) is 3. The lowest BCUT2D eigenvalue weighted by Gasteiger charge is -2.17. The van der Waals surface area contributed by atoms with Gasteiger partial charge in [0.1, 0.15) is 0 Å². The first-order valence-corrected chi connectivity index (χ1v) is 7.19. The summed E-state index contributed by atoms with van der Waals surface area (Å²) in [6, 6.07) is 4.41. The molecule has 0 unspecified atom stereocenters. The number of primary sulfonamides is 1. The highest BCUT2D eigenvalue weighted by atomic mass is 32.2. The molecule has 1 aromatic carbocycles. The Morgan fingerprint density at radius 3 is 2.83 bits per heavy atom. The molecule has 0 fully saturated rings. The Hall–Kier alpha value is -1.60. The fourth-order valence-corrected chi connectivity index (χ4v) is 2.58. The Kier molecular flexibility index (Phi) is 3.27. The molecular weight excluding hydrogens is 254 g/mol. The van der Waals surface area contributed by atoms with E-state index >= 15 is 0 Å². The van der Waals surface area contributed by atoms with Crippen LogP contribution in [0.25, 0.3) is 0 Å². The van der Waals surface area contributed by atoms with Gasteiger partial charge in [-0.2, -0.15) is 0 Å². The van der Waals surface area contributed by atoms with E-state index in [-0.39, 0.29) is 10.9 Å². The Balaban J connectivity index is 2.34. The number of sulfonamides is 1. The molecule has 3 N–H and O–H groups in total. The first-order chi connectivity index (χ1) is 8.43.